The highest BCUT2D eigenvalue weighted by molar-refractivity contribution is 6.07. The van der Waals surface area contributed by atoms with Crippen LogP contribution in [-0.4, -0.2) is 23.5 Å². The summed E-state index contributed by atoms with van der Waals surface area (Å²) in [5.41, 5.74) is 8.93. The zero-order valence-electron chi connectivity index (χ0n) is 15.5. The number of esters is 1. The van der Waals surface area contributed by atoms with Gasteiger partial charge in [0.25, 0.3) is 5.91 Å². The molecule has 2 heterocycles. The number of carbonyl (C=O) groups is 2. The third-order valence-corrected chi connectivity index (χ3v) is 4.83. The maximum atomic E-state index is 12.9. The molecule has 1 aromatic carbocycles. The number of fused-ring (bicyclic) bond motifs is 2. The molecule has 4 rings (SSSR count). The highest BCUT2D eigenvalue weighted by atomic mass is 16.5. The summed E-state index contributed by atoms with van der Waals surface area (Å²) in [6.07, 6.45) is 5.12. The lowest BCUT2D eigenvalue weighted by Gasteiger charge is -2.26. The summed E-state index contributed by atoms with van der Waals surface area (Å²) >= 11 is 0. The lowest BCUT2D eigenvalue weighted by Crippen LogP contribution is -2.23. The molecule has 1 amide bonds. The monoisotopic (exact) mass is 376 g/mol. The number of nitrogens with two attached hydrogens (primary N) is 1. The van der Waals surface area contributed by atoms with E-state index in [1.54, 1.807) is 6.26 Å². The van der Waals surface area contributed by atoms with Crippen LogP contribution in [-0.2, 0) is 16.0 Å². The van der Waals surface area contributed by atoms with Crippen molar-refractivity contribution in [2.24, 2.45) is 11.7 Å². The number of hydrogen-bond donors (Lipinski definition) is 1. The second-order valence-electron chi connectivity index (χ2n) is 7.07. The van der Waals surface area contributed by atoms with E-state index in [1.807, 2.05) is 42.5 Å². The fourth-order valence-electron chi connectivity index (χ4n) is 3.72. The number of allylic oxidation sites excluding steroid dienone is 1. The molecule has 1 atom stereocenters. The van der Waals surface area contributed by atoms with Gasteiger partial charge in [0.15, 0.2) is 6.61 Å². The molecule has 0 spiro atoms. The van der Waals surface area contributed by atoms with Gasteiger partial charge < -0.3 is 14.9 Å². The fraction of sp³-hybridized carbons (Fsp3) is 0.227. The van der Waals surface area contributed by atoms with E-state index < -0.39 is 18.5 Å². The summed E-state index contributed by atoms with van der Waals surface area (Å²) in [5.74, 6) is -0.185. The van der Waals surface area contributed by atoms with E-state index in [9.17, 15) is 9.59 Å². The molecule has 2 N–H and O–H groups in total. The molecule has 142 valence electrons. The lowest BCUT2D eigenvalue weighted by molar-refractivity contribution is -0.121. The largest absolute Gasteiger partial charge is 0.465 e. The lowest BCUT2D eigenvalue weighted by atomic mass is 9.81. The van der Waals surface area contributed by atoms with E-state index in [0.717, 1.165) is 29.0 Å². The summed E-state index contributed by atoms with van der Waals surface area (Å²) in [6, 6.07) is 11.2. The second-order valence-corrected chi connectivity index (χ2v) is 7.07. The maximum absolute atomic E-state index is 12.9. The first-order valence-corrected chi connectivity index (χ1v) is 9.14. The van der Waals surface area contributed by atoms with Gasteiger partial charge in [0, 0.05) is 5.39 Å². The molecule has 1 aliphatic rings. The minimum Gasteiger partial charge on any atom is -0.465 e. The number of pyridine rings is 1. The van der Waals surface area contributed by atoms with E-state index in [-0.39, 0.29) is 0 Å². The van der Waals surface area contributed by atoms with Crippen molar-refractivity contribution in [3.8, 4) is 0 Å². The van der Waals surface area contributed by atoms with Gasteiger partial charge in [0.1, 0.15) is 5.76 Å². The SMILES string of the molecule is C[C@H]1C/C(=C\c2ccco2)c2nc3ccccc3c(C(=O)OCC(N)=O)c2C1. The standard InChI is InChI=1S/C22H20N2O4/c1-13-9-14(11-15-5-4-8-27-15)21-17(10-13)20(22(26)28-12-19(23)25)16-6-2-3-7-18(16)24-21/h2-8,11,13H,9-10,12H2,1H3,(H2,23,25)/b14-11+/t13-/m0/s1. The van der Waals surface area contributed by atoms with E-state index >= 15 is 0 Å². The number of rotatable bonds is 4. The third-order valence-electron chi connectivity index (χ3n) is 4.83. The molecular weight excluding hydrogens is 356 g/mol. The minimum atomic E-state index is -0.688. The van der Waals surface area contributed by atoms with Crippen LogP contribution in [0.1, 0.15) is 40.7 Å². The second kappa shape index (κ2) is 7.31. The van der Waals surface area contributed by atoms with Crippen LogP contribution in [0.2, 0.25) is 0 Å². The predicted octanol–water partition coefficient (Wildman–Crippen LogP) is 3.59. The molecule has 28 heavy (non-hydrogen) atoms. The maximum Gasteiger partial charge on any atom is 0.339 e. The Morgan fingerprint density at radius 3 is 2.82 bits per heavy atom. The number of para-hydroxylation sites is 1. The Balaban J connectivity index is 1.92. The number of hydrogen-bond acceptors (Lipinski definition) is 5. The molecule has 3 aromatic rings. The van der Waals surface area contributed by atoms with Gasteiger partial charge in [-0.1, -0.05) is 25.1 Å². The van der Waals surface area contributed by atoms with Crippen LogP contribution < -0.4 is 5.73 Å². The number of amides is 1. The highest BCUT2D eigenvalue weighted by Crippen LogP contribution is 2.38. The van der Waals surface area contributed by atoms with Crippen LogP contribution in [0, 0.1) is 5.92 Å². The average Bonchev–Trinajstić information content (AvgIpc) is 3.17. The van der Waals surface area contributed by atoms with Gasteiger partial charge in [-0.2, -0.15) is 0 Å². The molecule has 0 aliphatic heterocycles. The zero-order chi connectivity index (χ0) is 19.7. The summed E-state index contributed by atoms with van der Waals surface area (Å²) < 4.78 is 10.6. The molecule has 6 heteroatoms. The van der Waals surface area contributed by atoms with Crippen LogP contribution in [0.3, 0.4) is 0 Å². The normalized spacial score (nSPS) is 17.5. The van der Waals surface area contributed by atoms with Crippen LogP contribution in [0.4, 0.5) is 0 Å². The quantitative estimate of drug-likeness (QED) is 0.702. The topological polar surface area (TPSA) is 95.4 Å². The fourth-order valence-corrected chi connectivity index (χ4v) is 3.72. The first-order chi connectivity index (χ1) is 13.5. The number of nitrogens with zero attached hydrogens (tertiary/aromatic N) is 1. The molecule has 0 radical (unpaired) electrons. The molecule has 6 nitrogen and oxygen atoms in total. The Morgan fingerprint density at radius 1 is 1.25 bits per heavy atom. The first-order valence-electron chi connectivity index (χ1n) is 9.14. The minimum absolute atomic E-state index is 0.319. The van der Waals surface area contributed by atoms with Gasteiger partial charge in [-0.15, -0.1) is 0 Å². The van der Waals surface area contributed by atoms with Gasteiger partial charge in [0.2, 0.25) is 0 Å². The van der Waals surface area contributed by atoms with Crippen molar-refractivity contribution in [1.29, 1.82) is 0 Å². The van der Waals surface area contributed by atoms with E-state index in [1.165, 1.54) is 0 Å². The van der Waals surface area contributed by atoms with E-state index in [2.05, 4.69) is 6.92 Å². The average molecular weight is 376 g/mol. The summed E-state index contributed by atoms with van der Waals surface area (Å²) in [6.45, 7) is 1.68. The predicted molar refractivity (Wildman–Crippen MR) is 105 cm³/mol. The van der Waals surface area contributed by atoms with Gasteiger partial charge >= 0.3 is 5.97 Å². The molecule has 0 fully saturated rings. The Morgan fingerprint density at radius 2 is 2.07 bits per heavy atom. The highest BCUT2D eigenvalue weighted by Gasteiger charge is 2.29. The molecule has 2 aromatic heterocycles. The van der Waals surface area contributed by atoms with E-state index in [0.29, 0.717) is 28.8 Å². The summed E-state index contributed by atoms with van der Waals surface area (Å²) in [7, 11) is 0. The first kappa shape index (κ1) is 18.0. The smallest absolute Gasteiger partial charge is 0.339 e. The molecule has 0 bridgehead atoms. The molecular formula is C22H20N2O4. The van der Waals surface area contributed by atoms with Gasteiger partial charge in [0.05, 0.1) is 23.0 Å². The van der Waals surface area contributed by atoms with Crippen LogP contribution in [0.15, 0.2) is 47.1 Å². The Kier molecular flexibility index (Phi) is 4.69. The van der Waals surface area contributed by atoms with Gasteiger partial charge in [-0.25, -0.2) is 9.78 Å². The molecule has 0 saturated heterocycles. The van der Waals surface area contributed by atoms with Crippen molar-refractivity contribution in [1.82, 2.24) is 4.98 Å². The summed E-state index contributed by atoms with van der Waals surface area (Å²) in [4.78, 5) is 28.8. The van der Waals surface area contributed by atoms with Gasteiger partial charge in [-0.3, -0.25) is 4.79 Å². The Bertz CT molecular complexity index is 1080. The van der Waals surface area contributed by atoms with Crippen molar-refractivity contribution in [2.45, 2.75) is 19.8 Å². The number of furan rings is 1. The number of aromatic nitrogens is 1. The number of ether oxygens (including phenoxy) is 1. The molecule has 0 unspecified atom stereocenters. The third kappa shape index (κ3) is 3.41. The number of carbonyl (C=O) groups excluding carboxylic acids is 2. The van der Waals surface area contributed by atoms with Crippen molar-refractivity contribution in [3.63, 3.8) is 0 Å². The molecule has 0 saturated carbocycles. The Hall–Kier alpha value is -3.41. The van der Waals surface area contributed by atoms with Crippen LogP contribution in [0.25, 0.3) is 22.6 Å². The Labute approximate surface area is 162 Å². The van der Waals surface area contributed by atoms with E-state index in [4.69, 9.17) is 19.9 Å². The van der Waals surface area contributed by atoms with Gasteiger partial charge in [-0.05, 0) is 54.2 Å². The number of primary amides is 1. The van der Waals surface area contributed by atoms with Crippen molar-refractivity contribution in [2.75, 3.05) is 6.61 Å². The van der Waals surface area contributed by atoms with Crippen LogP contribution >= 0.6 is 0 Å². The zero-order valence-corrected chi connectivity index (χ0v) is 15.5. The van der Waals surface area contributed by atoms with Crippen molar-refractivity contribution < 1.29 is 18.7 Å². The number of benzene rings is 1. The van der Waals surface area contributed by atoms with Crippen molar-refractivity contribution >= 4 is 34.4 Å². The van der Waals surface area contributed by atoms with Crippen molar-refractivity contribution in [3.05, 3.63) is 65.2 Å². The van der Waals surface area contributed by atoms with Crippen LogP contribution in [0.5, 0.6) is 0 Å². The molecule has 1 aliphatic carbocycles. The summed E-state index contributed by atoms with van der Waals surface area (Å²) in [5, 5.41) is 0.710.